The Morgan fingerprint density at radius 3 is 2.63 bits per heavy atom. The topological polar surface area (TPSA) is 128 Å². The summed E-state index contributed by atoms with van der Waals surface area (Å²) in [5, 5.41) is 17.8. The summed E-state index contributed by atoms with van der Waals surface area (Å²) in [5.74, 6) is 0.226. The first kappa shape index (κ1) is 18.2. The Morgan fingerprint density at radius 1 is 1.15 bits per heavy atom. The number of nitrogen functional groups attached to an aromatic ring is 1. The van der Waals surface area contributed by atoms with Gasteiger partial charge in [0.15, 0.2) is 0 Å². The number of para-hydroxylation sites is 2. The molecule has 1 heterocycles. The molecule has 0 bridgehead atoms. The first-order valence-corrected chi connectivity index (χ1v) is 8.10. The highest BCUT2D eigenvalue weighted by molar-refractivity contribution is 6.30. The van der Waals surface area contributed by atoms with Crippen molar-refractivity contribution >= 4 is 46.2 Å². The Kier molecular flexibility index (Phi) is 5.23. The van der Waals surface area contributed by atoms with Gasteiger partial charge in [0.05, 0.1) is 17.7 Å². The molecule has 138 valence electrons. The van der Waals surface area contributed by atoms with Crippen LogP contribution in [0.4, 0.5) is 34.6 Å². The number of benzene rings is 2. The van der Waals surface area contributed by atoms with Gasteiger partial charge in [-0.2, -0.15) is 9.97 Å². The van der Waals surface area contributed by atoms with E-state index in [0.29, 0.717) is 22.1 Å². The van der Waals surface area contributed by atoms with Gasteiger partial charge >= 0.3 is 5.69 Å². The molecule has 0 atom stereocenters. The maximum Gasteiger partial charge on any atom is 0.353 e. The third-order valence-electron chi connectivity index (χ3n) is 3.53. The molecule has 0 spiro atoms. The molecule has 0 aliphatic carbocycles. The predicted molar refractivity (Wildman–Crippen MR) is 104 cm³/mol. The lowest BCUT2D eigenvalue weighted by Crippen LogP contribution is -2.09. The van der Waals surface area contributed by atoms with Gasteiger partial charge in [-0.3, -0.25) is 10.1 Å². The summed E-state index contributed by atoms with van der Waals surface area (Å²) < 4.78 is 5.25. The number of nitrogens with zero attached hydrogens (tertiary/aromatic N) is 3. The van der Waals surface area contributed by atoms with Crippen molar-refractivity contribution in [1.29, 1.82) is 0 Å². The van der Waals surface area contributed by atoms with Crippen LogP contribution in [0, 0.1) is 10.1 Å². The van der Waals surface area contributed by atoms with Gasteiger partial charge in [0.25, 0.3) is 0 Å². The highest BCUT2D eigenvalue weighted by Gasteiger charge is 2.24. The van der Waals surface area contributed by atoms with Crippen molar-refractivity contribution in [1.82, 2.24) is 9.97 Å². The first-order chi connectivity index (χ1) is 13.0. The van der Waals surface area contributed by atoms with E-state index in [4.69, 9.17) is 22.1 Å². The molecule has 0 amide bonds. The molecule has 27 heavy (non-hydrogen) atoms. The minimum Gasteiger partial charge on any atom is -0.495 e. The van der Waals surface area contributed by atoms with Crippen LogP contribution in [-0.4, -0.2) is 22.0 Å². The Hall–Kier alpha value is -3.59. The molecule has 10 heteroatoms. The lowest BCUT2D eigenvalue weighted by atomic mass is 10.3. The molecule has 0 aliphatic heterocycles. The SMILES string of the molecule is COc1ccccc1Nc1nc(Nc2cccc(Cl)c2)nc(N)c1[N+](=O)[O-]. The second-order valence-corrected chi connectivity index (χ2v) is 5.78. The largest absolute Gasteiger partial charge is 0.495 e. The van der Waals surface area contributed by atoms with Crippen molar-refractivity contribution in [3.8, 4) is 5.75 Å². The quantitative estimate of drug-likeness (QED) is 0.426. The summed E-state index contributed by atoms with van der Waals surface area (Å²) in [7, 11) is 1.50. The van der Waals surface area contributed by atoms with Gasteiger partial charge in [-0.25, -0.2) is 0 Å². The molecule has 0 saturated heterocycles. The third kappa shape index (κ3) is 4.15. The average Bonchev–Trinajstić information content (AvgIpc) is 2.61. The smallest absolute Gasteiger partial charge is 0.353 e. The van der Waals surface area contributed by atoms with Crippen molar-refractivity contribution < 1.29 is 9.66 Å². The Bertz CT molecular complexity index is 998. The molecule has 9 nitrogen and oxygen atoms in total. The predicted octanol–water partition coefficient (Wildman–Crippen LogP) is 4.12. The van der Waals surface area contributed by atoms with Crippen LogP contribution in [0.3, 0.4) is 0 Å². The minimum atomic E-state index is -0.643. The maximum absolute atomic E-state index is 11.4. The zero-order chi connectivity index (χ0) is 19.4. The molecular formula is C17H15ClN6O3. The summed E-state index contributed by atoms with van der Waals surface area (Å²) in [6, 6.07) is 13.8. The number of ether oxygens (including phenoxy) is 1. The number of hydrogen-bond acceptors (Lipinski definition) is 8. The molecule has 3 rings (SSSR count). The van der Waals surface area contributed by atoms with Gasteiger partial charge in [-0.15, -0.1) is 0 Å². The standard InChI is InChI=1S/C17H15ClN6O3/c1-27-13-8-3-2-7-12(13)21-16-14(24(25)26)15(19)22-17(23-16)20-11-6-4-5-10(18)9-11/h2-9H,1H3,(H4,19,20,21,22,23). The fraction of sp³-hybridized carbons (Fsp3) is 0.0588. The van der Waals surface area contributed by atoms with Gasteiger partial charge in [0.2, 0.25) is 17.6 Å². The Balaban J connectivity index is 2.02. The van der Waals surface area contributed by atoms with E-state index in [0.717, 1.165) is 0 Å². The molecule has 4 N–H and O–H groups in total. The van der Waals surface area contributed by atoms with Gasteiger partial charge in [0, 0.05) is 10.7 Å². The van der Waals surface area contributed by atoms with E-state index in [1.54, 1.807) is 48.5 Å². The van der Waals surface area contributed by atoms with Crippen LogP contribution >= 0.6 is 11.6 Å². The van der Waals surface area contributed by atoms with Crippen LogP contribution in [0.25, 0.3) is 0 Å². The number of nitrogens with one attached hydrogen (secondary N) is 2. The monoisotopic (exact) mass is 386 g/mol. The number of nitro groups is 1. The van der Waals surface area contributed by atoms with Crippen LogP contribution in [-0.2, 0) is 0 Å². The highest BCUT2D eigenvalue weighted by Crippen LogP contribution is 2.34. The van der Waals surface area contributed by atoms with Crippen LogP contribution in [0.2, 0.25) is 5.02 Å². The van der Waals surface area contributed by atoms with E-state index >= 15 is 0 Å². The van der Waals surface area contributed by atoms with Gasteiger partial charge in [-0.05, 0) is 30.3 Å². The molecule has 0 radical (unpaired) electrons. The van der Waals surface area contributed by atoms with Crippen molar-refractivity contribution in [2.24, 2.45) is 0 Å². The second-order valence-electron chi connectivity index (χ2n) is 5.35. The number of nitrogens with two attached hydrogens (primary N) is 1. The number of methoxy groups -OCH3 is 1. The lowest BCUT2D eigenvalue weighted by Gasteiger charge is -2.13. The molecule has 0 aliphatic rings. The van der Waals surface area contributed by atoms with E-state index in [2.05, 4.69) is 20.6 Å². The van der Waals surface area contributed by atoms with Crippen LogP contribution in [0.5, 0.6) is 5.75 Å². The van der Waals surface area contributed by atoms with Crippen LogP contribution < -0.4 is 21.1 Å². The van der Waals surface area contributed by atoms with E-state index < -0.39 is 10.6 Å². The van der Waals surface area contributed by atoms with Crippen molar-refractivity contribution in [2.45, 2.75) is 0 Å². The summed E-state index contributed by atoms with van der Waals surface area (Å²) >= 11 is 5.96. The van der Waals surface area contributed by atoms with Gasteiger partial charge < -0.3 is 21.1 Å². The summed E-state index contributed by atoms with van der Waals surface area (Å²) in [6.45, 7) is 0. The van der Waals surface area contributed by atoms with E-state index in [1.165, 1.54) is 7.11 Å². The van der Waals surface area contributed by atoms with Crippen molar-refractivity contribution in [3.05, 3.63) is 63.7 Å². The molecule has 3 aromatic rings. The maximum atomic E-state index is 11.4. The second kappa shape index (κ2) is 7.75. The highest BCUT2D eigenvalue weighted by atomic mass is 35.5. The third-order valence-corrected chi connectivity index (χ3v) is 3.77. The molecule has 2 aromatic carbocycles. The number of hydrogen-bond donors (Lipinski definition) is 3. The molecule has 0 unspecified atom stereocenters. The number of aromatic nitrogens is 2. The number of halogens is 1. The van der Waals surface area contributed by atoms with E-state index in [1.807, 2.05) is 0 Å². The lowest BCUT2D eigenvalue weighted by molar-refractivity contribution is -0.383. The Labute approximate surface area is 159 Å². The van der Waals surface area contributed by atoms with Crippen molar-refractivity contribution in [3.63, 3.8) is 0 Å². The summed E-state index contributed by atoms with van der Waals surface area (Å²) in [4.78, 5) is 19.0. The molecule has 0 fully saturated rings. The van der Waals surface area contributed by atoms with E-state index in [9.17, 15) is 10.1 Å². The number of rotatable bonds is 6. The first-order valence-electron chi connectivity index (χ1n) is 7.72. The van der Waals surface area contributed by atoms with Crippen LogP contribution in [0.15, 0.2) is 48.5 Å². The zero-order valence-corrected chi connectivity index (χ0v) is 14.9. The normalized spacial score (nSPS) is 10.3. The van der Waals surface area contributed by atoms with Gasteiger partial charge in [-0.1, -0.05) is 29.8 Å². The average molecular weight is 387 g/mol. The van der Waals surface area contributed by atoms with Crippen LogP contribution in [0.1, 0.15) is 0 Å². The molecular weight excluding hydrogens is 372 g/mol. The Morgan fingerprint density at radius 2 is 1.93 bits per heavy atom. The summed E-state index contributed by atoms with van der Waals surface area (Å²) in [5.41, 5.74) is 6.47. The zero-order valence-electron chi connectivity index (χ0n) is 14.1. The summed E-state index contributed by atoms with van der Waals surface area (Å²) in [6.07, 6.45) is 0. The minimum absolute atomic E-state index is 0.0680. The molecule has 0 saturated carbocycles. The fourth-order valence-electron chi connectivity index (χ4n) is 2.37. The number of anilines is 5. The fourth-order valence-corrected chi connectivity index (χ4v) is 2.56. The van der Waals surface area contributed by atoms with Gasteiger partial charge in [0.1, 0.15) is 5.75 Å². The van der Waals surface area contributed by atoms with E-state index in [-0.39, 0.29) is 17.6 Å². The molecule has 1 aromatic heterocycles. The van der Waals surface area contributed by atoms with Crippen molar-refractivity contribution in [2.75, 3.05) is 23.5 Å².